The normalized spacial score (nSPS) is 32.8. The SMILES string of the molecule is CC[SiH](CC)OCCCC1CCC2OC2C1. The lowest BCUT2D eigenvalue weighted by atomic mass is 9.86. The first-order chi connectivity index (χ1) is 7.83. The summed E-state index contributed by atoms with van der Waals surface area (Å²) in [5.74, 6) is 0.927. The van der Waals surface area contributed by atoms with Crippen molar-refractivity contribution in [2.45, 2.75) is 70.2 Å². The van der Waals surface area contributed by atoms with Crippen LogP contribution in [-0.4, -0.2) is 27.9 Å². The molecule has 0 N–H and O–H groups in total. The lowest BCUT2D eigenvalue weighted by Gasteiger charge is -2.19. The van der Waals surface area contributed by atoms with Gasteiger partial charge < -0.3 is 9.16 Å². The monoisotopic (exact) mass is 242 g/mol. The molecule has 0 amide bonds. The van der Waals surface area contributed by atoms with Crippen LogP contribution < -0.4 is 0 Å². The van der Waals surface area contributed by atoms with Crippen molar-refractivity contribution in [3.8, 4) is 0 Å². The van der Waals surface area contributed by atoms with Gasteiger partial charge in [-0.2, -0.15) is 0 Å². The molecule has 0 aromatic rings. The molecular weight excluding hydrogens is 216 g/mol. The van der Waals surface area contributed by atoms with Crippen LogP contribution in [0.3, 0.4) is 0 Å². The van der Waals surface area contributed by atoms with Crippen molar-refractivity contribution in [1.29, 1.82) is 0 Å². The second kappa shape index (κ2) is 6.17. The van der Waals surface area contributed by atoms with Crippen LogP contribution in [0, 0.1) is 5.92 Å². The van der Waals surface area contributed by atoms with E-state index in [0.717, 1.165) is 12.5 Å². The first-order valence-corrected chi connectivity index (χ1v) is 9.21. The number of hydrogen-bond acceptors (Lipinski definition) is 2. The lowest BCUT2D eigenvalue weighted by Crippen LogP contribution is -2.17. The molecule has 2 nitrogen and oxygen atoms in total. The number of ether oxygens (including phenoxy) is 1. The number of epoxide rings is 1. The Balaban J connectivity index is 1.50. The van der Waals surface area contributed by atoms with Crippen LogP contribution in [0.2, 0.25) is 12.1 Å². The zero-order valence-electron chi connectivity index (χ0n) is 10.8. The minimum Gasteiger partial charge on any atom is -0.420 e. The zero-order chi connectivity index (χ0) is 11.4. The van der Waals surface area contributed by atoms with Crippen molar-refractivity contribution in [1.82, 2.24) is 0 Å². The predicted molar refractivity (Wildman–Crippen MR) is 69.3 cm³/mol. The van der Waals surface area contributed by atoms with Gasteiger partial charge in [-0.25, -0.2) is 0 Å². The van der Waals surface area contributed by atoms with Crippen LogP contribution >= 0.6 is 0 Å². The van der Waals surface area contributed by atoms with Crippen molar-refractivity contribution in [2.24, 2.45) is 5.92 Å². The van der Waals surface area contributed by atoms with Gasteiger partial charge in [0.05, 0.1) is 12.2 Å². The van der Waals surface area contributed by atoms with Crippen LogP contribution in [0.5, 0.6) is 0 Å². The Hall–Kier alpha value is 0.137. The van der Waals surface area contributed by atoms with E-state index in [1.54, 1.807) is 0 Å². The topological polar surface area (TPSA) is 21.8 Å². The highest BCUT2D eigenvalue weighted by atomic mass is 28.3. The van der Waals surface area contributed by atoms with Gasteiger partial charge in [0, 0.05) is 6.61 Å². The van der Waals surface area contributed by atoms with Crippen LogP contribution in [0.15, 0.2) is 0 Å². The van der Waals surface area contributed by atoms with Crippen molar-refractivity contribution >= 4 is 9.04 Å². The molecule has 1 aliphatic carbocycles. The Labute approximate surface area is 101 Å². The molecule has 3 unspecified atom stereocenters. The zero-order valence-corrected chi connectivity index (χ0v) is 11.9. The first-order valence-electron chi connectivity index (χ1n) is 7.10. The van der Waals surface area contributed by atoms with Crippen molar-refractivity contribution in [3.05, 3.63) is 0 Å². The number of hydrogen-bond donors (Lipinski definition) is 0. The molecule has 1 saturated heterocycles. The fraction of sp³-hybridized carbons (Fsp3) is 1.00. The van der Waals surface area contributed by atoms with E-state index < -0.39 is 9.04 Å². The van der Waals surface area contributed by atoms with Crippen LogP contribution in [0.1, 0.15) is 46.0 Å². The number of rotatable bonds is 7. The average molecular weight is 242 g/mol. The van der Waals surface area contributed by atoms with Crippen molar-refractivity contribution in [2.75, 3.05) is 6.61 Å². The summed E-state index contributed by atoms with van der Waals surface area (Å²) in [6.07, 6.45) is 7.97. The molecule has 1 heterocycles. The third-order valence-corrected chi connectivity index (χ3v) is 6.66. The van der Waals surface area contributed by atoms with E-state index in [2.05, 4.69) is 13.8 Å². The molecule has 94 valence electrons. The highest BCUT2D eigenvalue weighted by Gasteiger charge is 2.43. The highest BCUT2D eigenvalue weighted by Crippen LogP contribution is 2.40. The van der Waals surface area contributed by atoms with Gasteiger partial charge in [-0.15, -0.1) is 0 Å². The Morgan fingerprint density at radius 3 is 2.69 bits per heavy atom. The standard InChI is InChI=1S/C13H26O2Si/c1-3-16(4-2)14-9-5-6-11-7-8-12-13(10-11)15-12/h11-13,16H,3-10H2,1-2H3. The second-order valence-electron chi connectivity index (χ2n) is 5.34. The van der Waals surface area contributed by atoms with E-state index in [4.69, 9.17) is 9.16 Å². The van der Waals surface area contributed by atoms with Gasteiger partial charge in [0.1, 0.15) is 0 Å². The van der Waals surface area contributed by atoms with Gasteiger partial charge in [-0.05, 0) is 50.1 Å². The summed E-state index contributed by atoms with van der Waals surface area (Å²) in [5, 5.41) is 0. The molecule has 3 heteroatoms. The minimum absolute atomic E-state index is 0.646. The molecule has 0 bridgehead atoms. The van der Waals surface area contributed by atoms with E-state index in [1.807, 2.05) is 0 Å². The van der Waals surface area contributed by atoms with Gasteiger partial charge in [0.25, 0.3) is 0 Å². The molecule has 2 aliphatic rings. The summed E-state index contributed by atoms with van der Waals surface area (Å²) < 4.78 is 11.5. The molecule has 2 rings (SSSR count). The van der Waals surface area contributed by atoms with Crippen LogP contribution in [-0.2, 0) is 9.16 Å². The van der Waals surface area contributed by atoms with E-state index >= 15 is 0 Å². The summed E-state index contributed by atoms with van der Waals surface area (Å²) in [5.41, 5.74) is 0. The Morgan fingerprint density at radius 1 is 1.19 bits per heavy atom. The smallest absolute Gasteiger partial charge is 0.176 e. The lowest BCUT2D eigenvalue weighted by molar-refractivity contribution is 0.276. The molecule has 2 fully saturated rings. The molecule has 0 spiro atoms. The Kier molecular flexibility index (Phi) is 4.86. The largest absolute Gasteiger partial charge is 0.420 e. The average Bonchev–Trinajstić information content (AvgIpc) is 3.07. The Morgan fingerprint density at radius 2 is 2.00 bits per heavy atom. The van der Waals surface area contributed by atoms with Gasteiger partial charge in [-0.1, -0.05) is 13.8 Å². The van der Waals surface area contributed by atoms with E-state index in [-0.39, 0.29) is 0 Å². The van der Waals surface area contributed by atoms with Gasteiger partial charge in [0.2, 0.25) is 0 Å². The molecule has 16 heavy (non-hydrogen) atoms. The van der Waals surface area contributed by atoms with Crippen molar-refractivity contribution < 1.29 is 9.16 Å². The summed E-state index contributed by atoms with van der Waals surface area (Å²) in [4.78, 5) is 0. The summed E-state index contributed by atoms with van der Waals surface area (Å²) in [7, 11) is -0.795. The van der Waals surface area contributed by atoms with Gasteiger partial charge in [-0.3, -0.25) is 0 Å². The summed E-state index contributed by atoms with van der Waals surface area (Å²) in [6.45, 7) is 5.56. The maximum Gasteiger partial charge on any atom is 0.176 e. The third-order valence-electron chi connectivity index (χ3n) is 4.13. The predicted octanol–water partition coefficient (Wildman–Crippen LogP) is 3.11. The van der Waals surface area contributed by atoms with E-state index in [9.17, 15) is 0 Å². The maximum atomic E-state index is 5.98. The molecule has 0 radical (unpaired) electrons. The number of fused-ring (bicyclic) bond motifs is 1. The van der Waals surface area contributed by atoms with E-state index in [1.165, 1.54) is 44.2 Å². The molecular formula is C13H26O2Si. The molecule has 3 atom stereocenters. The summed E-state index contributed by atoms with van der Waals surface area (Å²) >= 11 is 0. The molecule has 0 aromatic heterocycles. The Bertz CT molecular complexity index is 206. The minimum atomic E-state index is -0.795. The van der Waals surface area contributed by atoms with E-state index in [0.29, 0.717) is 12.2 Å². The molecule has 1 saturated carbocycles. The van der Waals surface area contributed by atoms with Crippen molar-refractivity contribution in [3.63, 3.8) is 0 Å². The highest BCUT2D eigenvalue weighted by molar-refractivity contribution is 6.51. The van der Waals surface area contributed by atoms with Gasteiger partial charge >= 0.3 is 0 Å². The fourth-order valence-corrected chi connectivity index (χ4v) is 4.44. The first kappa shape index (κ1) is 12.6. The molecule has 1 aliphatic heterocycles. The van der Waals surface area contributed by atoms with Crippen LogP contribution in [0.25, 0.3) is 0 Å². The second-order valence-corrected chi connectivity index (χ2v) is 8.55. The van der Waals surface area contributed by atoms with Gasteiger partial charge in [0.15, 0.2) is 9.04 Å². The quantitative estimate of drug-likeness (QED) is 0.389. The third kappa shape index (κ3) is 3.57. The summed E-state index contributed by atoms with van der Waals surface area (Å²) in [6, 6.07) is 2.58. The maximum absolute atomic E-state index is 5.98. The fourth-order valence-electron chi connectivity index (χ4n) is 2.90. The molecule has 0 aromatic carbocycles. The van der Waals surface area contributed by atoms with Crippen LogP contribution in [0.4, 0.5) is 0 Å².